The molecule has 0 spiro atoms. The summed E-state index contributed by atoms with van der Waals surface area (Å²) in [6.45, 7) is 5.25. The van der Waals surface area contributed by atoms with Crippen molar-refractivity contribution in [1.29, 1.82) is 0 Å². The van der Waals surface area contributed by atoms with Gasteiger partial charge in [0.25, 0.3) is 11.8 Å². The van der Waals surface area contributed by atoms with Crippen LogP contribution in [-0.4, -0.2) is 98.6 Å². The van der Waals surface area contributed by atoms with Crippen LogP contribution in [0.1, 0.15) is 26.3 Å². The van der Waals surface area contributed by atoms with Gasteiger partial charge in [-0.2, -0.15) is 11.8 Å². The van der Waals surface area contributed by atoms with Gasteiger partial charge < -0.3 is 30.7 Å². The van der Waals surface area contributed by atoms with E-state index in [1.165, 1.54) is 28.4 Å². The average molecular weight is 668 g/mol. The number of carbonyl (C=O) groups excluding carboxylic acids is 4. The van der Waals surface area contributed by atoms with Crippen LogP contribution < -0.4 is 20.7 Å². The number of hydrogen-bond donors (Lipinski definition) is 4. The van der Waals surface area contributed by atoms with Gasteiger partial charge >= 0.3 is 0 Å². The first-order valence-electron chi connectivity index (χ1n) is 14.9. The number of benzene rings is 2. The van der Waals surface area contributed by atoms with E-state index in [0.717, 1.165) is 16.3 Å². The molecule has 4 atom stereocenters. The highest BCUT2D eigenvalue weighted by Gasteiger charge is 2.41. The van der Waals surface area contributed by atoms with Gasteiger partial charge in [0.1, 0.15) is 17.8 Å². The lowest BCUT2D eigenvalue weighted by Crippen LogP contribution is -2.59. The van der Waals surface area contributed by atoms with Crippen molar-refractivity contribution in [2.75, 3.05) is 30.2 Å². The second-order valence-corrected chi connectivity index (χ2v) is 13.9. The first kappa shape index (κ1) is 35.1. The largest absolute Gasteiger partial charge is 0.483 e. The molecule has 4 amide bonds. The SMILES string of the molecule is CSC[C@@H](NC(=O)COc1cccc2cnccc12)C(=O)N[C@H](Cc1ccccc1)[C@@H](O)C(=O)N1CSC[C@@H]1C(=O)NC(C)(C)C. The lowest BCUT2D eigenvalue weighted by atomic mass is 9.99. The highest BCUT2D eigenvalue weighted by Crippen LogP contribution is 2.25. The Labute approximate surface area is 277 Å². The molecule has 1 aromatic heterocycles. The molecule has 0 aliphatic carbocycles. The molecule has 2 heterocycles. The minimum Gasteiger partial charge on any atom is -0.483 e. The summed E-state index contributed by atoms with van der Waals surface area (Å²) in [5.74, 6) is -0.602. The quantitative estimate of drug-likeness (QED) is 0.216. The topological polar surface area (TPSA) is 150 Å². The third-order valence-corrected chi connectivity index (χ3v) is 8.89. The van der Waals surface area contributed by atoms with Crippen LogP contribution in [-0.2, 0) is 25.6 Å². The molecule has 2 aromatic carbocycles. The Hall–Kier alpha value is -3.81. The molecule has 1 saturated heterocycles. The van der Waals surface area contributed by atoms with Crippen molar-refractivity contribution in [3.8, 4) is 5.75 Å². The number of aliphatic hydroxyl groups excluding tert-OH is 1. The van der Waals surface area contributed by atoms with Gasteiger partial charge in [0.05, 0.1) is 11.9 Å². The second-order valence-electron chi connectivity index (χ2n) is 12.0. The minimum absolute atomic E-state index is 0.151. The normalized spacial score (nSPS) is 16.7. The van der Waals surface area contributed by atoms with E-state index in [0.29, 0.717) is 11.5 Å². The summed E-state index contributed by atoms with van der Waals surface area (Å²) in [7, 11) is 0. The maximum absolute atomic E-state index is 13.7. The Morgan fingerprint density at radius 2 is 1.85 bits per heavy atom. The van der Waals surface area contributed by atoms with E-state index in [2.05, 4.69) is 20.9 Å². The van der Waals surface area contributed by atoms with Gasteiger partial charge in [-0.05, 0) is 51.1 Å². The summed E-state index contributed by atoms with van der Waals surface area (Å²) < 4.78 is 5.78. The van der Waals surface area contributed by atoms with E-state index in [1.54, 1.807) is 36.8 Å². The number of pyridine rings is 1. The van der Waals surface area contributed by atoms with Gasteiger partial charge in [-0.25, -0.2) is 0 Å². The molecule has 11 nitrogen and oxygen atoms in total. The summed E-state index contributed by atoms with van der Waals surface area (Å²) in [5.41, 5.74) is 0.303. The van der Waals surface area contributed by atoms with Gasteiger partial charge in [0.2, 0.25) is 11.8 Å². The molecule has 0 bridgehead atoms. The first-order valence-corrected chi connectivity index (χ1v) is 17.5. The van der Waals surface area contributed by atoms with Crippen molar-refractivity contribution in [3.05, 3.63) is 72.6 Å². The fraction of sp³-hybridized carbons (Fsp3) is 0.424. The van der Waals surface area contributed by atoms with Crippen LogP contribution in [0.2, 0.25) is 0 Å². The van der Waals surface area contributed by atoms with Crippen molar-refractivity contribution in [1.82, 2.24) is 25.8 Å². The molecule has 246 valence electrons. The molecule has 0 saturated carbocycles. The number of nitrogens with one attached hydrogen (secondary N) is 3. The summed E-state index contributed by atoms with van der Waals surface area (Å²) >= 11 is 2.78. The van der Waals surface area contributed by atoms with Crippen LogP contribution in [0.15, 0.2) is 67.0 Å². The minimum atomic E-state index is -1.64. The van der Waals surface area contributed by atoms with Crippen molar-refractivity contribution in [2.45, 2.75) is 57.0 Å². The number of nitrogens with zero attached hydrogens (tertiary/aromatic N) is 2. The summed E-state index contributed by atoms with van der Waals surface area (Å²) in [4.78, 5) is 58.7. The van der Waals surface area contributed by atoms with Crippen molar-refractivity contribution >= 4 is 57.9 Å². The molecule has 46 heavy (non-hydrogen) atoms. The molecule has 1 aliphatic heterocycles. The molecule has 4 N–H and O–H groups in total. The number of carbonyl (C=O) groups is 4. The standard InChI is InChI=1S/C33H41N5O6S2/c1-33(2,3)37-31(42)26-19-46-20-38(26)32(43)29(40)24(15-21-9-6-5-7-10-21)36-30(41)25(18-45-4)35-28(39)17-44-27-12-8-11-22-16-34-14-13-23(22)27/h5-14,16,24-26,29,40H,15,17-20H2,1-4H3,(H,35,39)(H,36,41)(H,37,42)/t24-,25-,26-,29-/m1/s1. The lowest BCUT2D eigenvalue weighted by Gasteiger charge is -2.32. The number of ether oxygens (including phenoxy) is 1. The van der Waals surface area contributed by atoms with E-state index in [9.17, 15) is 24.3 Å². The third-order valence-electron chi connectivity index (χ3n) is 7.21. The van der Waals surface area contributed by atoms with E-state index >= 15 is 0 Å². The zero-order chi connectivity index (χ0) is 33.3. The smallest absolute Gasteiger partial charge is 0.258 e. The molecule has 13 heteroatoms. The molecule has 0 unspecified atom stereocenters. The van der Waals surface area contributed by atoms with Crippen LogP contribution in [0.5, 0.6) is 5.75 Å². The van der Waals surface area contributed by atoms with Gasteiger partial charge in [-0.3, -0.25) is 24.2 Å². The monoisotopic (exact) mass is 667 g/mol. The molecule has 4 rings (SSSR count). The van der Waals surface area contributed by atoms with Crippen LogP contribution in [0.4, 0.5) is 0 Å². The Bertz CT molecular complexity index is 1510. The number of fused-ring (bicyclic) bond motifs is 1. The zero-order valence-electron chi connectivity index (χ0n) is 26.4. The maximum atomic E-state index is 13.7. The fourth-order valence-corrected chi connectivity index (χ4v) is 6.74. The van der Waals surface area contributed by atoms with E-state index in [1.807, 2.05) is 57.2 Å². The predicted octanol–water partition coefficient (Wildman–Crippen LogP) is 2.37. The third kappa shape index (κ3) is 9.60. The molecular formula is C33H41N5O6S2. The van der Waals surface area contributed by atoms with E-state index in [4.69, 9.17) is 4.74 Å². The van der Waals surface area contributed by atoms with Crippen LogP contribution >= 0.6 is 23.5 Å². The summed E-state index contributed by atoms with van der Waals surface area (Å²) in [6, 6.07) is 13.7. The van der Waals surface area contributed by atoms with Crippen LogP contribution in [0, 0.1) is 0 Å². The number of aliphatic hydroxyl groups is 1. The van der Waals surface area contributed by atoms with Crippen molar-refractivity contribution in [2.24, 2.45) is 0 Å². The Kier molecular flexibility index (Phi) is 12.3. The molecule has 3 aromatic rings. The molecular weight excluding hydrogens is 627 g/mol. The second kappa shape index (κ2) is 16.1. The summed E-state index contributed by atoms with van der Waals surface area (Å²) in [6.07, 6.45) is 3.67. The predicted molar refractivity (Wildman–Crippen MR) is 181 cm³/mol. The van der Waals surface area contributed by atoms with Gasteiger partial charge in [0.15, 0.2) is 12.7 Å². The van der Waals surface area contributed by atoms with Gasteiger partial charge in [-0.15, -0.1) is 11.8 Å². The number of hydrogen-bond acceptors (Lipinski definition) is 9. The highest BCUT2D eigenvalue weighted by molar-refractivity contribution is 7.99. The van der Waals surface area contributed by atoms with E-state index in [-0.39, 0.29) is 30.6 Å². The zero-order valence-corrected chi connectivity index (χ0v) is 28.0. The Balaban J connectivity index is 1.46. The van der Waals surface area contributed by atoms with E-state index < -0.39 is 47.5 Å². The summed E-state index contributed by atoms with van der Waals surface area (Å²) in [5, 5.41) is 21.5. The molecule has 1 fully saturated rings. The fourth-order valence-electron chi connectivity index (χ4n) is 5.01. The number of rotatable bonds is 13. The Morgan fingerprint density at radius 1 is 1.09 bits per heavy atom. The number of aromatic nitrogens is 1. The highest BCUT2D eigenvalue weighted by atomic mass is 32.2. The first-order chi connectivity index (χ1) is 22.0. The molecule has 1 aliphatic rings. The maximum Gasteiger partial charge on any atom is 0.258 e. The number of thioether (sulfide) groups is 2. The average Bonchev–Trinajstić information content (AvgIpc) is 3.53. The number of amides is 4. The Morgan fingerprint density at radius 3 is 2.57 bits per heavy atom. The van der Waals surface area contributed by atoms with Gasteiger partial charge in [-0.1, -0.05) is 42.5 Å². The van der Waals surface area contributed by atoms with Gasteiger partial charge in [0, 0.05) is 40.2 Å². The lowest BCUT2D eigenvalue weighted by molar-refractivity contribution is -0.147. The van der Waals surface area contributed by atoms with Crippen molar-refractivity contribution < 1.29 is 29.0 Å². The van der Waals surface area contributed by atoms with Crippen molar-refractivity contribution in [3.63, 3.8) is 0 Å². The van der Waals surface area contributed by atoms with Crippen LogP contribution in [0.3, 0.4) is 0 Å². The molecule has 0 radical (unpaired) electrons. The van der Waals surface area contributed by atoms with Crippen LogP contribution in [0.25, 0.3) is 10.8 Å².